The third kappa shape index (κ3) is 9.43. The number of terminal acetylenes is 1. The van der Waals surface area contributed by atoms with Gasteiger partial charge in [0, 0.05) is 0 Å². The van der Waals surface area contributed by atoms with Crippen LogP contribution in [0.2, 0.25) is 0 Å². The molecule has 0 saturated carbocycles. The highest BCUT2D eigenvalue weighted by Gasteiger charge is 1.97. The highest BCUT2D eigenvalue weighted by atomic mass is 16.3. The topological polar surface area (TPSA) is 20.2 Å². The molecule has 0 rings (SSSR count). The molecule has 0 aromatic carbocycles. The number of hydrogen-bond donors (Lipinski definition) is 1. The Morgan fingerprint density at radius 3 is 2.15 bits per heavy atom. The summed E-state index contributed by atoms with van der Waals surface area (Å²) < 4.78 is 0. The van der Waals surface area contributed by atoms with Crippen LogP contribution in [0.4, 0.5) is 0 Å². The standard InChI is InChI=1S/C12H22O/c1-3-5-6-7-8-9-10-11-12(13)4-2/h2,12-13H,3,5-11H2,1H3. The zero-order valence-electron chi connectivity index (χ0n) is 8.76. The number of aliphatic hydroxyl groups excluding tert-OH is 1. The van der Waals surface area contributed by atoms with Crippen molar-refractivity contribution in [1.29, 1.82) is 0 Å². The van der Waals surface area contributed by atoms with Gasteiger partial charge in [0.15, 0.2) is 0 Å². The molecule has 0 aliphatic heterocycles. The average Bonchev–Trinajstić information content (AvgIpc) is 2.16. The second kappa shape index (κ2) is 9.61. The molecule has 0 radical (unpaired) electrons. The van der Waals surface area contributed by atoms with E-state index in [1.807, 2.05) is 0 Å². The first kappa shape index (κ1) is 12.5. The average molecular weight is 182 g/mol. The zero-order valence-corrected chi connectivity index (χ0v) is 8.76. The van der Waals surface area contributed by atoms with Crippen LogP contribution in [0.15, 0.2) is 0 Å². The van der Waals surface area contributed by atoms with Gasteiger partial charge in [-0.2, -0.15) is 0 Å². The van der Waals surface area contributed by atoms with E-state index in [0.29, 0.717) is 0 Å². The van der Waals surface area contributed by atoms with Gasteiger partial charge in [0.1, 0.15) is 6.10 Å². The van der Waals surface area contributed by atoms with Gasteiger partial charge in [-0.25, -0.2) is 0 Å². The largest absolute Gasteiger partial charge is 0.380 e. The van der Waals surface area contributed by atoms with Crippen molar-refractivity contribution in [2.24, 2.45) is 0 Å². The van der Waals surface area contributed by atoms with Crippen molar-refractivity contribution in [3.8, 4) is 12.3 Å². The first-order valence-corrected chi connectivity index (χ1v) is 5.45. The fourth-order valence-electron chi connectivity index (χ4n) is 1.38. The van der Waals surface area contributed by atoms with Crippen LogP contribution in [0.1, 0.15) is 58.3 Å². The molecule has 1 N–H and O–H groups in total. The number of aliphatic hydroxyl groups is 1. The fraction of sp³-hybridized carbons (Fsp3) is 0.833. The van der Waals surface area contributed by atoms with Crippen LogP contribution in [0.5, 0.6) is 0 Å². The molecule has 1 atom stereocenters. The van der Waals surface area contributed by atoms with Crippen molar-refractivity contribution in [2.45, 2.75) is 64.4 Å². The highest BCUT2D eigenvalue weighted by Crippen LogP contribution is 2.09. The normalized spacial score (nSPS) is 12.4. The lowest BCUT2D eigenvalue weighted by molar-refractivity contribution is 0.217. The van der Waals surface area contributed by atoms with Gasteiger partial charge in [0.25, 0.3) is 0 Å². The van der Waals surface area contributed by atoms with Crippen LogP contribution < -0.4 is 0 Å². The van der Waals surface area contributed by atoms with Gasteiger partial charge in [-0.15, -0.1) is 6.42 Å². The molecule has 13 heavy (non-hydrogen) atoms. The molecular weight excluding hydrogens is 160 g/mol. The molecule has 0 heterocycles. The summed E-state index contributed by atoms with van der Waals surface area (Å²) in [4.78, 5) is 0. The third-order valence-corrected chi connectivity index (χ3v) is 2.27. The second-order valence-electron chi connectivity index (χ2n) is 3.59. The smallest absolute Gasteiger partial charge is 0.114 e. The molecule has 0 aromatic rings. The monoisotopic (exact) mass is 182 g/mol. The van der Waals surface area contributed by atoms with Gasteiger partial charge in [-0.05, 0) is 12.8 Å². The van der Waals surface area contributed by atoms with E-state index >= 15 is 0 Å². The zero-order chi connectivity index (χ0) is 9.94. The van der Waals surface area contributed by atoms with Crippen molar-refractivity contribution >= 4 is 0 Å². The van der Waals surface area contributed by atoms with Crippen molar-refractivity contribution in [2.75, 3.05) is 0 Å². The molecule has 0 aliphatic rings. The van der Waals surface area contributed by atoms with Crippen molar-refractivity contribution in [3.05, 3.63) is 0 Å². The maximum Gasteiger partial charge on any atom is 0.114 e. The molecule has 0 aliphatic carbocycles. The van der Waals surface area contributed by atoms with Gasteiger partial charge < -0.3 is 5.11 Å². The van der Waals surface area contributed by atoms with Gasteiger partial charge in [-0.1, -0.05) is 51.4 Å². The van der Waals surface area contributed by atoms with Gasteiger partial charge in [0.2, 0.25) is 0 Å². The van der Waals surface area contributed by atoms with E-state index < -0.39 is 6.10 Å². The summed E-state index contributed by atoms with van der Waals surface area (Å²) in [5.74, 6) is 2.33. The van der Waals surface area contributed by atoms with Crippen LogP contribution in [-0.2, 0) is 0 Å². The fourth-order valence-corrected chi connectivity index (χ4v) is 1.38. The molecule has 0 bridgehead atoms. The molecule has 0 fully saturated rings. The van der Waals surface area contributed by atoms with Crippen molar-refractivity contribution < 1.29 is 5.11 Å². The van der Waals surface area contributed by atoms with Crippen molar-refractivity contribution in [1.82, 2.24) is 0 Å². The SMILES string of the molecule is C#CC(O)CCCCCCCCC. The summed E-state index contributed by atoms with van der Waals surface area (Å²) in [6.07, 6.45) is 14.2. The first-order valence-electron chi connectivity index (χ1n) is 5.45. The van der Waals surface area contributed by atoms with E-state index in [1.54, 1.807) is 0 Å². The number of rotatable bonds is 8. The van der Waals surface area contributed by atoms with Crippen LogP contribution in [0.3, 0.4) is 0 Å². The Hall–Kier alpha value is -0.480. The Labute approximate surface area is 82.5 Å². The highest BCUT2D eigenvalue weighted by molar-refractivity contribution is 4.92. The molecule has 0 spiro atoms. The predicted molar refractivity (Wildman–Crippen MR) is 57.4 cm³/mol. The molecular formula is C12H22O. The Kier molecular flexibility index (Phi) is 9.25. The van der Waals surface area contributed by atoms with Crippen LogP contribution in [0, 0.1) is 12.3 Å². The van der Waals surface area contributed by atoms with Crippen LogP contribution in [0.25, 0.3) is 0 Å². The maximum absolute atomic E-state index is 9.06. The van der Waals surface area contributed by atoms with E-state index in [2.05, 4.69) is 12.8 Å². The Bertz CT molecular complexity index is 135. The summed E-state index contributed by atoms with van der Waals surface area (Å²) in [7, 11) is 0. The minimum atomic E-state index is -0.518. The Balaban J connectivity index is 2.96. The second-order valence-corrected chi connectivity index (χ2v) is 3.59. The van der Waals surface area contributed by atoms with Crippen LogP contribution in [-0.4, -0.2) is 11.2 Å². The van der Waals surface area contributed by atoms with Crippen LogP contribution >= 0.6 is 0 Å². The quantitative estimate of drug-likeness (QED) is 0.451. The number of hydrogen-bond acceptors (Lipinski definition) is 1. The van der Waals surface area contributed by atoms with Gasteiger partial charge >= 0.3 is 0 Å². The maximum atomic E-state index is 9.06. The van der Waals surface area contributed by atoms with Gasteiger partial charge in [-0.3, -0.25) is 0 Å². The minimum Gasteiger partial charge on any atom is -0.380 e. The van der Waals surface area contributed by atoms with E-state index in [4.69, 9.17) is 11.5 Å². The predicted octanol–water partition coefficient (Wildman–Crippen LogP) is 3.12. The summed E-state index contributed by atoms with van der Waals surface area (Å²) in [6.45, 7) is 2.23. The lowest BCUT2D eigenvalue weighted by atomic mass is 10.1. The van der Waals surface area contributed by atoms with E-state index in [9.17, 15) is 0 Å². The van der Waals surface area contributed by atoms with E-state index in [0.717, 1.165) is 12.8 Å². The summed E-state index contributed by atoms with van der Waals surface area (Å²) in [6, 6.07) is 0. The molecule has 1 heteroatoms. The first-order chi connectivity index (χ1) is 6.31. The lowest BCUT2D eigenvalue weighted by Gasteiger charge is -2.02. The third-order valence-electron chi connectivity index (χ3n) is 2.27. The van der Waals surface area contributed by atoms with Crippen molar-refractivity contribution in [3.63, 3.8) is 0 Å². The molecule has 0 amide bonds. The Morgan fingerprint density at radius 2 is 1.62 bits per heavy atom. The van der Waals surface area contributed by atoms with Gasteiger partial charge in [0.05, 0.1) is 0 Å². The summed E-state index contributed by atoms with van der Waals surface area (Å²) >= 11 is 0. The molecule has 1 nitrogen and oxygen atoms in total. The molecule has 1 unspecified atom stereocenters. The molecule has 0 saturated heterocycles. The number of unbranched alkanes of at least 4 members (excludes halogenated alkanes) is 6. The molecule has 76 valence electrons. The molecule has 0 aromatic heterocycles. The van der Waals surface area contributed by atoms with E-state index in [-0.39, 0.29) is 0 Å². The lowest BCUT2D eigenvalue weighted by Crippen LogP contribution is -2.01. The summed E-state index contributed by atoms with van der Waals surface area (Å²) in [5, 5.41) is 9.06. The Morgan fingerprint density at radius 1 is 1.08 bits per heavy atom. The summed E-state index contributed by atoms with van der Waals surface area (Å²) in [5.41, 5.74) is 0. The van der Waals surface area contributed by atoms with E-state index in [1.165, 1.54) is 38.5 Å². The minimum absolute atomic E-state index is 0.518.